The van der Waals surface area contributed by atoms with Crippen molar-refractivity contribution in [3.8, 4) is 24.2 Å². The summed E-state index contributed by atoms with van der Waals surface area (Å²) in [4.78, 5) is 37.6. The molecule has 0 amide bonds. The summed E-state index contributed by atoms with van der Waals surface area (Å²) in [5.41, 5.74) is 14.2. The fraction of sp³-hybridized carbons (Fsp3) is 0.286. The van der Waals surface area contributed by atoms with Crippen molar-refractivity contribution in [2.24, 2.45) is 5.73 Å². The largest absolute Gasteiger partial charge is 0.467 e. The van der Waals surface area contributed by atoms with E-state index in [0.29, 0.717) is 51.4 Å². The maximum absolute atomic E-state index is 9.51. The first-order valence-electron chi connectivity index (χ1n) is 19.0. The lowest BCUT2D eigenvalue weighted by atomic mass is 10.0. The van der Waals surface area contributed by atoms with E-state index in [9.17, 15) is 10.5 Å². The van der Waals surface area contributed by atoms with Gasteiger partial charge in [-0.25, -0.2) is 39.9 Å². The van der Waals surface area contributed by atoms with Crippen molar-refractivity contribution in [2.75, 3.05) is 42.4 Å². The summed E-state index contributed by atoms with van der Waals surface area (Å²) in [6.07, 6.45) is 11.4. The van der Waals surface area contributed by atoms with Gasteiger partial charge in [-0.3, -0.25) is 0 Å². The number of methoxy groups -OCH3 is 2. The molecule has 0 fully saturated rings. The zero-order valence-corrected chi connectivity index (χ0v) is 36.0. The Balaban J connectivity index is 0.000000172. The summed E-state index contributed by atoms with van der Waals surface area (Å²) in [6, 6.07) is 15.8. The standard InChI is InChI=1S/C21H20ClN7O.C14H10Cl2N4.C7H11N3O/c1-13(15-9-24-21(30-2)25-10-15)28-20-17-11-29(6-5-18(17)26-12-27-20)19-4-3-16(22)7-14(19)8-23;15-10-1-2-13(9(5-10)6-17)20-4-3-12-11(7-20)14(16)19-8-18-12;1-5(8)6-3-9-7(11-2)10-4-6/h3-4,7,9-10,12-13H,5-6,11H2,1-2H3,(H,26,27,28);1-2,5,8H,3-4,7H2;3-5H,8H2,1-2H3/t13-;;5-/m1.1/s1. The predicted molar refractivity (Wildman–Crippen MR) is 233 cm³/mol. The van der Waals surface area contributed by atoms with Crippen molar-refractivity contribution >= 4 is 52.0 Å². The number of nitriles is 2. The molecular weight excluding hydrogens is 839 g/mol. The van der Waals surface area contributed by atoms with E-state index in [2.05, 4.69) is 67.1 Å². The van der Waals surface area contributed by atoms with Gasteiger partial charge < -0.3 is 30.3 Å². The number of rotatable bonds is 8. The van der Waals surface area contributed by atoms with Crippen molar-refractivity contribution in [1.82, 2.24) is 39.9 Å². The SMILES string of the molecule is COc1ncc([C@@H](C)N)cn1.COc1ncc([C@@H](C)Nc2ncnc3c2CN(c2ccc(Cl)cc2C#N)CC3)cn1.N#Cc1cc(Cl)ccc1N1CCc2ncnc(Cl)c2C1. The number of ether oxygens (including phenoxy) is 2. The van der Waals surface area contributed by atoms with Gasteiger partial charge in [-0.2, -0.15) is 10.5 Å². The van der Waals surface area contributed by atoms with Crippen molar-refractivity contribution in [3.63, 3.8) is 0 Å². The van der Waals surface area contributed by atoms with Crippen molar-refractivity contribution in [1.29, 1.82) is 10.5 Å². The van der Waals surface area contributed by atoms with E-state index in [-0.39, 0.29) is 12.1 Å². The normalized spacial score (nSPS) is 13.6. The van der Waals surface area contributed by atoms with Gasteiger partial charge in [0.05, 0.1) is 54.2 Å². The fourth-order valence-corrected chi connectivity index (χ4v) is 7.10. The van der Waals surface area contributed by atoms with Crippen molar-refractivity contribution in [2.45, 2.75) is 51.9 Å². The second-order valence-electron chi connectivity index (χ2n) is 13.8. The van der Waals surface area contributed by atoms with Crippen LogP contribution in [0.15, 0.2) is 73.8 Å². The molecule has 0 radical (unpaired) electrons. The van der Waals surface area contributed by atoms with Gasteiger partial charge in [-0.1, -0.05) is 34.8 Å². The van der Waals surface area contributed by atoms with Gasteiger partial charge in [0, 0.05) is 102 Å². The Kier molecular flexibility index (Phi) is 15.0. The number of hydrogen-bond acceptors (Lipinski definition) is 16. The van der Waals surface area contributed by atoms with Gasteiger partial charge in [0.25, 0.3) is 0 Å². The van der Waals surface area contributed by atoms with Crippen LogP contribution in [-0.4, -0.2) is 67.2 Å². The molecule has 8 rings (SSSR count). The maximum Gasteiger partial charge on any atom is 0.316 e. The van der Waals surface area contributed by atoms with Crippen LogP contribution in [0.4, 0.5) is 17.2 Å². The Labute approximate surface area is 368 Å². The van der Waals surface area contributed by atoms with Crippen LogP contribution in [0.2, 0.25) is 15.2 Å². The fourth-order valence-electron chi connectivity index (χ4n) is 6.54. The van der Waals surface area contributed by atoms with Gasteiger partial charge in [-0.15, -0.1) is 0 Å². The highest BCUT2D eigenvalue weighted by molar-refractivity contribution is 6.31. The maximum atomic E-state index is 9.51. The molecule has 4 aromatic heterocycles. The quantitative estimate of drug-likeness (QED) is 0.144. The van der Waals surface area contributed by atoms with E-state index in [0.717, 1.165) is 76.8 Å². The van der Waals surface area contributed by atoms with Gasteiger partial charge >= 0.3 is 12.0 Å². The van der Waals surface area contributed by atoms with E-state index in [1.165, 1.54) is 20.5 Å². The summed E-state index contributed by atoms with van der Waals surface area (Å²) >= 11 is 18.1. The molecule has 0 saturated carbocycles. The van der Waals surface area contributed by atoms with Crippen LogP contribution in [0.3, 0.4) is 0 Å². The third-order valence-corrected chi connectivity index (χ3v) is 10.6. The Morgan fingerprint density at radius 1 is 0.672 bits per heavy atom. The molecule has 0 unspecified atom stereocenters. The first-order chi connectivity index (χ1) is 29.5. The van der Waals surface area contributed by atoms with Gasteiger partial charge in [-0.05, 0) is 50.2 Å². The summed E-state index contributed by atoms with van der Waals surface area (Å²) in [7, 11) is 3.06. The van der Waals surface area contributed by atoms with Crippen LogP contribution in [-0.2, 0) is 25.9 Å². The molecule has 6 aromatic rings. The average molecular weight is 880 g/mol. The minimum absolute atomic E-state index is 0.0269. The second-order valence-corrected chi connectivity index (χ2v) is 15.0. The highest BCUT2D eigenvalue weighted by atomic mass is 35.5. The first kappa shape index (κ1) is 44.1. The van der Waals surface area contributed by atoms with Crippen LogP contribution in [0.25, 0.3) is 0 Å². The van der Waals surface area contributed by atoms with Crippen LogP contribution in [0.1, 0.15) is 70.7 Å². The molecule has 6 heterocycles. The molecule has 0 aliphatic carbocycles. The summed E-state index contributed by atoms with van der Waals surface area (Å²) < 4.78 is 9.81. The first-order valence-corrected chi connectivity index (χ1v) is 20.1. The van der Waals surface area contributed by atoms with E-state index in [4.69, 9.17) is 50.0 Å². The Morgan fingerprint density at radius 3 is 1.64 bits per heavy atom. The minimum Gasteiger partial charge on any atom is -0.467 e. The number of aromatic nitrogens is 8. The molecule has 19 heteroatoms. The lowest BCUT2D eigenvalue weighted by Gasteiger charge is -2.32. The predicted octanol–water partition coefficient (Wildman–Crippen LogP) is 7.26. The van der Waals surface area contributed by atoms with Gasteiger partial charge in [0.2, 0.25) is 0 Å². The molecule has 312 valence electrons. The van der Waals surface area contributed by atoms with Crippen LogP contribution >= 0.6 is 34.8 Å². The van der Waals surface area contributed by atoms with E-state index < -0.39 is 0 Å². The highest BCUT2D eigenvalue weighted by Gasteiger charge is 2.25. The van der Waals surface area contributed by atoms with Crippen LogP contribution < -0.4 is 30.3 Å². The van der Waals surface area contributed by atoms with E-state index in [1.807, 2.05) is 26.0 Å². The monoisotopic (exact) mass is 878 g/mol. The molecule has 3 N–H and O–H groups in total. The molecule has 2 aliphatic heterocycles. The average Bonchev–Trinajstić information content (AvgIpc) is 3.29. The second kappa shape index (κ2) is 20.7. The number of nitrogens with two attached hydrogens (primary N) is 1. The smallest absolute Gasteiger partial charge is 0.316 e. The van der Waals surface area contributed by atoms with E-state index in [1.54, 1.807) is 55.4 Å². The summed E-state index contributed by atoms with van der Waals surface area (Å²) in [5.74, 6) is 0.764. The van der Waals surface area contributed by atoms with Gasteiger partial charge in [0.15, 0.2) is 0 Å². The molecular formula is C42H41Cl3N14O2. The molecule has 16 nitrogen and oxygen atoms in total. The number of benzene rings is 2. The molecule has 0 bridgehead atoms. The Bertz CT molecular complexity index is 2530. The van der Waals surface area contributed by atoms with Gasteiger partial charge in [0.1, 0.15) is 35.8 Å². The number of anilines is 3. The third kappa shape index (κ3) is 11.0. The lowest BCUT2D eigenvalue weighted by Crippen LogP contribution is -2.32. The topological polar surface area (TPSA) is 214 Å². The number of halogens is 3. The van der Waals surface area contributed by atoms with E-state index >= 15 is 0 Å². The Hall–Kier alpha value is -6.43. The third-order valence-electron chi connectivity index (χ3n) is 9.83. The van der Waals surface area contributed by atoms with Crippen molar-refractivity contribution < 1.29 is 9.47 Å². The molecule has 2 atom stereocenters. The molecule has 0 saturated heterocycles. The number of fused-ring (bicyclic) bond motifs is 2. The van der Waals surface area contributed by atoms with Crippen LogP contribution in [0, 0.1) is 22.7 Å². The molecule has 0 spiro atoms. The number of nitrogens with zero attached hydrogens (tertiary/aromatic N) is 12. The molecule has 2 aliphatic rings. The lowest BCUT2D eigenvalue weighted by molar-refractivity contribution is 0.379. The minimum atomic E-state index is -0.0597. The van der Waals surface area contributed by atoms with Crippen LogP contribution in [0.5, 0.6) is 12.0 Å². The molecule has 61 heavy (non-hydrogen) atoms. The number of hydrogen-bond donors (Lipinski definition) is 2. The zero-order chi connectivity index (χ0) is 43.5. The highest BCUT2D eigenvalue weighted by Crippen LogP contribution is 2.33. The Morgan fingerprint density at radius 2 is 1.15 bits per heavy atom. The van der Waals surface area contributed by atoms with Crippen molar-refractivity contribution in [3.05, 3.63) is 134 Å². The zero-order valence-electron chi connectivity index (χ0n) is 33.7. The molecule has 2 aromatic carbocycles. The summed E-state index contributed by atoms with van der Waals surface area (Å²) in [6.45, 7) is 6.66. The summed E-state index contributed by atoms with van der Waals surface area (Å²) in [5, 5.41) is 23.8. The number of nitrogens with one attached hydrogen (secondary N) is 1.